The van der Waals surface area contributed by atoms with E-state index in [1.54, 1.807) is 6.07 Å². The van der Waals surface area contributed by atoms with Gasteiger partial charge in [-0.25, -0.2) is 22.2 Å². The summed E-state index contributed by atoms with van der Waals surface area (Å²) in [7, 11) is -3.76. The lowest BCUT2D eigenvalue weighted by atomic mass is 10.3. The molecule has 11 heteroatoms. The summed E-state index contributed by atoms with van der Waals surface area (Å²) >= 11 is 1.19. The fourth-order valence-electron chi connectivity index (χ4n) is 3.51. The Morgan fingerprint density at radius 3 is 2.52 bits per heavy atom. The quantitative estimate of drug-likeness (QED) is 0.447. The van der Waals surface area contributed by atoms with Crippen LogP contribution < -0.4 is 4.90 Å². The predicted octanol–water partition coefficient (Wildman–Crippen LogP) is 3.10. The summed E-state index contributed by atoms with van der Waals surface area (Å²) in [5, 5.41) is 0.396. The molecule has 1 amide bonds. The summed E-state index contributed by atoms with van der Waals surface area (Å²) in [5.74, 6) is -1.74. The van der Waals surface area contributed by atoms with Crippen molar-refractivity contribution in [1.29, 1.82) is 0 Å². The number of carbonyl (C=O) groups is 1. The Hall–Kier alpha value is -2.47. The first-order valence-corrected chi connectivity index (χ1v) is 12.9. The van der Waals surface area contributed by atoms with Gasteiger partial charge in [0.2, 0.25) is 5.91 Å². The summed E-state index contributed by atoms with van der Waals surface area (Å²) in [6.45, 7) is 3.61. The molecule has 1 aliphatic rings. The van der Waals surface area contributed by atoms with Crippen molar-refractivity contribution in [2.24, 2.45) is 0 Å². The van der Waals surface area contributed by atoms with Crippen molar-refractivity contribution in [3.8, 4) is 0 Å². The molecule has 1 fully saturated rings. The first-order chi connectivity index (χ1) is 15.8. The molecule has 0 N–H and O–H groups in total. The van der Waals surface area contributed by atoms with Crippen LogP contribution in [0.25, 0.3) is 10.2 Å². The van der Waals surface area contributed by atoms with Crippen molar-refractivity contribution in [1.82, 2.24) is 9.88 Å². The average molecular weight is 496 g/mol. The third kappa shape index (κ3) is 5.91. The highest BCUT2D eigenvalue weighted by Gasteiger charge is 2.24. The molecule has 1 saturated heterocycles. The van der Waals surface area contributed by atoms with E-state index in [0.717, 1.165) is 25.2 Å². The molecule has 2 aromatic carbocycles. The molecule has 0 saturated carbocycles. The number of carbonyl (C=O) groups excluding carboxylic acids is 1. The van der Waals surface area contributed by atoms with Gasteiger partial charge >= 0.3 is 0 Å². The summed E-state index contributed by atoms with van der Waals surface area (Å²) in [5.41, 5.74) is 0.569. The summed E-state index contributed by atoms with van der Waals surface area (Å²) < 4.78 is 58.0. The zero-order chi connectivity index (χ0) is 23.4. The lowest BCUT2D eigenvalue weighted by molar-refractivity contribution is -0.118. The van der Waals surface area contributed by atoms with Crippen LogP contribution >= 0.6 is 11.3 Å². The number of thiazole rings is 1. The first kappa shape index (κ1) is 23.7. The number of anilines is 1. The minimum atomic E-state index is -3.76. The molecule has 1 aliphatic heterocycles. The average Bonchev–Trinajstić information content (AvgIpc) is 3.21. The SMILES string of the molecule is O=C(CCS(=O)(=O)c1ccc(F)cc1)N(CCN1CCOCC1)c1nc2ccc(F)cc2s1. The van der Waals surface area contributed by atoms with Gasteiger partial charge in [0.1, 0.15) is 11.6 Å². The Morgan fingerprint density at radius 2 is 1.79 bits per heavy atom. The number of sulfone groups is 1. The highest BCUT2D eigenvalue weighted by Crippen LogP contribution is 2.30. The molecule has 176 valence electrons. The summed E-state index contributed by atoms with van der Waals surface area (Å²) in [6, 6.07) is 8.74. The van der Waals surface area contributed by atoms with Gasteiger partial charge in [-0.1, -0.05) is 11.3 Å². The van der Waals surface area contributed by atoms with Crippen molar-refractivity contribution in [2.75, 3.05) is 50.0 Å². The second-order valence-corrected chi connectivity index (χ2v) is 10.7. The zero-order valence-corrected chi connectivity index (χ0v) is 19.4. The maximum atomic E-state index is 13.6. The van der Waals surface area contributed by atoms with Crippen molar-refractivity contribution in [3.63, 3.8) is 0 Å². The monoisotopic (exact) mass is 495 g/mol. The third-order valence-electron chi connectivity index (χ3n) is 5.37. The number of fused-ring (bicyclic) bond motifs is 1. The maximum absolute atomic E-state index is 13.6. The van der Waals surface area contributed by atoms with Gasteiger partial charge in [0.15, 0.2) is 15.0 Å². The Morgan fingerprint density at radius 1 is 1.09 bits per heavy atom. The van der Waals surface area contributed by atoms with Crippen LogP contribution in [0, 0.1) is 11.6 Å². The van der Waals surface area contributed by atoms with Crippen LogP contribution in [-0.2, 0) is 19.4 Å². The molecule has 0 aliphatic carbocycles. The molecule has 0 radical (unpaired) electrons. The predicted molar refractivity (Wildman–Crippen MR) is 122 cm³/mol. The number of amides is 1. The Labute approximate surface area is 194 Å². The van der Waals surface area contributed by atoms with E-state index in [1.165, 1.54) is 40.5 Å². The fourth-order valence-corrected chi connectivity index (χ4v) is 5.77. The number of halogens is 2. The molecule has 0 bridgehead atoms. The second-order valence-electron chi connectivity index (χ2n) is 7.63. The molecule has 1 aromatic heterocycles. The van der Waals surface area contributed by atoms with Gasteiger partial charge in [0, 0.05) is 32.6 Å². The Kier molecular flexibility index (Phi) is 7.32. The molecule has 33 heavy (non-hydrogen) atoms. The van der Waals surface area contributed by atoms with Crippen LogP contribution in [0.3, 0.4) is 0 Å². The van der Waals surface area contributed by atoms with Crippen LogP contribution in [0.15, 0.2) is 47.4 Å². The summed E-state index contributed by atoms with van der Waals surface area (Å²) in [6.07, 6.45) is -0.257. The van der Waals surface area contributed by atoms with E-state index < -0.39 is 33.1 Å². The molecule has 0 spiro atoms. The normalized spacial score (nSPS) is 15.1. The maximum Gasteiger partial charge on any atom is 0.229 e. The van der Waals surface area contributed by atoms with Gasteiger partial charge in [-0.3, -0.25) is 14.6 Å². The van der Waals surface area contributed by atoms with Gasteiger partial charge in [-0.15, -0.1) is 0 Å². The molecular formula is C22H23F2N3O4S2. The lowest BCUT2D eigenvalue weighted by Gasteiger charge is -2.29. The van der Waals surface area contributed by atoms with E-state index in [2.05, 4.69) is 9.88 Å². The van der Waals surface area contributed by atoms with Crippen LogP contribution in [0.1, 0.15) is 6.42 Å². The number of aromatic nitrogens is 1. The number of benzene rings is 2. The highest BCUT2D eigenvalue weighted by atomic mass is 32.2. The number of hydrogen-bond acceptors (Lipinski definition) is 7. The van der Waals surface area contributed by atoms with E-state index in [1.807, 2.05) is 0 Å². The van der Waals surface area contributed by atoms with E-state index in [4.69, 9.17) is 4.74 Å². The largest absolute Gasteiger partial charge is 0.379 e. The molecule has 0 atom stereocenters. The molecule has 0 unspecified atom stereocenters. The molecular weight excluding hydrogens is 472 g/mol. The highest BCUT2D eigenvalue weighted by molar-refractivity contribution is 7.91. The smallest absolute Gasteiger partial charge is 0.229 e. The zero-order valence-electron chi connectivity index (χ0n) is 17.7. The summed E-state index contributed by atoms with van der Waals surface area (Å²) in [4.78, 5) is 21.2. The number of hydrogen-bond donors (Lipinski definition) is 0. The number of rotatable bonds is 8. The van der Waals surface area contributed by atoms with Crippen LogP contribution in [0.5, 0.6) is 0 Å². The van der Waals surface area contributed by atoms with Crippen molar-refractivity contribution in [2.45, 2.75) is 11.3 Å². The van der Waals surface area contributed by atoms with E-state index in [0.29, 0.717) is 41.7 Å². The van der Waals surface area contributed by atoms with Gasteiger partial charge in [-0.05, 0) is 42.5 Å². The molecule has 3 aromatic rings. The number of nitrogens with zero attached hydrogens (tertiary/aromatic N) is 3. The third-order valence-corrected chi connectivity index (χ3v) is 8.15. The van der Waals surface area contributed by atoms with Crippen molar-refractivity contribution >= 4 is 42.4 Å². The topological polar surface area (TPSA) is 79.8 Å². The van der Waals surface area contributed by atoms with Gasteiger partial charge in [-0.2, -0.15) is 0 Å². The number of ether oxygens (including phenoxy) is 1. The Balaban J connectivity index is 1.52. The fraction of sp³-hybridized carbons (Fsp3) is 0.364. The van der Waals surface area contributed by atoms with E-state index >= 15 is 0 Å². The lowest BCUT2D eigenvalue weighted by Crippen LogP contribution is -2.43. The van der Waals surface area contributed by atoms with Crippen LogP contribution in [0.4, 0.5) is 13.9 Å². The van der Waals surface area contributed by atoms with Crippen LogP contribution in [-0.4, -0.2) is 69.4 Å². The first-order valence-electron chi connectivity index (χ1n) is 10.5. The van der Waals surface area contributed by atoms with Gasteiger partial charge < -0.3 is 4.74 Å². The van der Waals surface area contributed by atoms with Crippen LogP contribution in [0.2, 0.25) is 0 Å². The van der Waals surface area contributed by atoms with Crippen molar-refractivity contribution in [3.05, 3.63) is 54.1 Å². The van der Waals surface area contributed by atoms with Gasteiger partial charge in [0.25, 0.3) is 0 Å². The minimum absolute atomic E-state index is 0.0352. The van der Waals surface area contributed by atoms with Gasteiger partial charge in [0.05, 0.1) is 34.1 Å². The van der Waals surface area contributed by atoms with Crippen molar-refractivity contribution < 1.29 is 26.7 Å². The second kappa shape index (κ2) is 10.2. The standard InChI is InChI=1S/C22H23F2N3O4S2/c23-16-1-4-18(5-2-16)33(29,30)14-7-21(28)27(9-8-26-10-12-31-13-11-26)22-25-19-6-3-17(24)15-20(19)32-22/h1-6,15H,7-14H2. The molecule has 4 rings (SSSR count). The molecule has 7 nitrogen and oxygen atoms in total. The molecule has 2 heterocycles. The number of morpholine rings is 1. The Bertz CT molecular complexity index is 1230. The minimum Gasteiger partial charge on any atom is -0.379 e. The van der Waals surface area contributed by atoms with E-state index in [-0.39, 0.29) is 11.3 Å². The van der Waals surface area contributed by atoms with E-state index in [9.17, 15) is 22.0 Å².